The third-order valence-corrected chi connectivity index (χ3v) is 7.00. The Hall–Kier alpha value is -3.65. The number of carbonyl (C=O) groups is 1. The van der Waals surface area contributed by atoms with E-state index in [0.717, 1.165) is 29.8 Å². The molecule has 1 aliphatic rings. The summed E-state index contributed by atoms with van der Waals surface area (Å²) in [5.41, 5.74) is 1.09. The van der Waals surface area contributed by atoms with Gasteiger partial charge in [0.15, 0.2) is 16.9 Å². The van der Waals surface area contributed by atoms with Crippen molar-refractivity contribution in [1.82, 2.24) is 0 Å². The van der Waals surface area contributed by atoms with Gasteiger partial charge >= 0.3 is 0 Å². The second kappa shape index (κ2) is 11.0. The molecule has 0 radical (unpaired) electrons. The van der Waals surface area contributed by atoms with Crippen LogP contribution in [0.3, 0.4) is 0 Å². The van der Waals surface area contributed by atoms with Crippen LogP contribution in [0.15, 0.2) is 74.3 Å². The van der Waals surface area contributed by atoms with Gasteiger partial charge in [0, 0.05) is 10.2 Å². The molecule has 0 aliphatic carbocycles. The summed E-state index contributed by atoms with van der Waals surface area (Å²) in [6.45, 7) is 4.98. The highest BCUT2D eigenvalue weighted by atomic mass is 79.9. The lowest BCUT2D eigenvalue weighted by molar-refractivity contribution is 0.0971. The van der Waals surface area contributed by atoms with Gasteiger partial charge in [-0.15, -0.1) is 0 Å². The Kier molecular flexibility index (Phi) is 7.51. The molecule has 0 saturated heterocycles. The summed E-state index contributed by atoms with van der Waals surface area (Å²) in [4.78, 5) is 29.1. The second-order valence-electron chi connectivity index (χ2n) is 9.07. The maximum Gasteiger partial charge on any atom is 0.295 e. The highest BCUT2D eigenvalue weighted by Gasteiger charge is 2.44. The number of hydrogen-bond acceptors (Lipinski definition) is 5. The molecule has 3 aromatic carbocycles. The number of rotatable bonds is 9. The molecule has 0 spiro atoms. The molecule has 0 saturated carbocycles. The zero-order valence-electron chi connectivity index (χ0n) is 21.1. The van der Waals surface area contributed by atoms with E-state index in [4.69, 9.17) is 13.9 Å². The zero-order chi connectivity index (χ0) is 26.8. The number of ether oxygens (including phenoxy) is 2. The Morgan fingerprint density at radius 1 is 0.974 bits per heavy atom. The summed E-state index contributed by atoms with van der Waals surface area (Å²) < 4.78 is 32.7. The smallest absolute Gasteiger partial charge is 0.295 e. The highest BCUT2D eigenvalue weighted by molar-refractivity contribution is 9.10. The molecule has 8 heteroatoms. The van der Waals surface area contributed by atoms with E-state index < -0.39 is 23.2 Å². The van der Waals surface area contributed by atoms with Gasteiger partial charge in [0.05, 0.1) is 30.2 Å². The van der Waals surface area contributed by atoms with Crippen LogP contribution in [-0.2, 0) is 0 Å². The van der Waals surface area contributed by atoms with Crippen molar-refractivity contribution in [3.8, 4) is 11.5 Å². The van der Waals surface area contributed by atoms with E-state index in [9.17, 15) is 14.0 Å². The molecule has 5 rings (SSSR count). The number of amides is 1. The van der Waals surface area contributed by atoms with Crippen molar-refractivity contribution in [2.75, 3.05) is 18.1 Å². The second-order valence-corrected chi connectivity index (χ2v) is 9.98. The van der Waals surface area contributed by atoms with Gasteiger partial charge in [-0.25, -0.2) is 4.39 Å². The number of nitrogens with zero attached hydrogens (tertiary/aromatic N) is 1. The summed E-state index contributed by atoms with van der Waals surface area (Å²) in [5.74, 6) is 0.0459. The maximum atomic E-state index is 14.1. The van der Waals surface area contributed by atoms with E-state index in [2.05, 4.69) is 22.9 Å². The van der Waals surface area contributed by atoms with Crippen molar-refractivity contribution in [3.63, 3.8) is 0 Å². The van der Waals surface area contributed by atoms with E-state index in [-0.39, 0.29) is 22.3 Å². The SMILES string of the molecule is CCCCCOc1ccc(C2c3c(oc4ccc(F)cc4c3=O)C(=O)N2c2cccc(Br)c2)cc1OCC. The molecular formula is C30H27BrFNO5. The first-order valence-electron chi connectivity index (χ1n) is 12.7. The quantitative estimate of drug-likeness (QED) is 0.193. The van der Waals surface area contributed by atoms with E-state index in [1.807, 2.05) is 25.1 Å². The summed E-state index contributed by atoms with van der Waals surface area (Å²) in [6, 6.07) is 15.6. The van der Waals surface area contributed by atoms with Crippen LogP contribution in [0.5, 0.6) is 11.5 Å². The van der Waals surface area contributed by atoms with Crippen LogP contribution in [0.1, 0.15) is 60.8 Å². The van der Waals surface area contributed by atoms with E-state index >= 15 is 0 Å². The molecule has 2 heterocycles. The van der Waals surface area contributed by atoms with Crippen molar-refractivity contribution >= 4 is 38.5 Å². The van der Waals surface area contributed by atoms with Gasteiger partial charge in [0.25, 0.3) is 5.91 Å². The lowest BCUT2D eigenvalue weighted by atomic mass is 9.97. The molecule has 196 valence electrons. The van der Waals surface area contributed by atoms with Crippen LogP contribution in [0.25, 0.3) is 11.0 Å². The third kappa shape index (κ3) is 4.80. The van der Waals surface area contributed by atoms with Crippen molar-refractivity contribution in [2.45, 2.75) is 39.2 Å². The minimum absolute atomic E-state index is 0.0584. The number of hydrogen-bond donors (Lipinski definition) is 0. The summed E-state index contributed by atoms with van der Waals surface area (Å²) in [6.07, 6.45) is 3.08. The van der Waals surface area contributed by atoms with Crippen molar-refractivity contribution < 1.29 is 23.1 Å². The van der Waals surface area contributed by atoms with Gasteiger partial charge in [-0.1, -0.05) is 47.8 Å². The Balaban J connectivity index is 1.68. The summed E-state index contributed by atoms with van der Waals surface area (Å²) in [7, 11) is 0. The standard InChI is InChI=1S/C30H27BrFNO5/c1-3-5-6-14-37-24-12-10-18(15-25(24)36-4-2)27-26-28(34)22-17-20(32)11-13-23(22)38-29(26)30(35)33(27)21-9-7-8-19(31)16-21/h7-13,15-17,27H,3-6,14H2,1-2H3. The van der Waals surface area contributed by atoms with E-state index in [1.54, 1.807) is 24.3 Å². The first-order valence-corrected chi connectivity index (χ1v) is 13.5. The molecule has 38 heavy (non-hydrogen) atoms. The normalized spacial score (nSPS) is 14.7. The number of fused-ring (bicyclic) bond motifs is 2. The average Bonchev–Trinajstić information content (AvgIpc) is 3.20. The van der Waals surface area contributed by atoms with Crippen molar-refractivity contribution in [2.24, 2.45) is 0 Å². The molecule has 0 bridgehead atoms. The first kappa shape index (κ1) is 26.0. The first-order chi connectivity index (χ1) is 18.4. The minimum Gasteiger partial charge on any atom is -0.490 e. The number of unbranched alkanes of at least 4 members (excludes halogenated alkanes) is 2. The predicted octanol–water partition coefficient (Wildman–Crippen LogP) is 7.41. The van der Waals surface area contributed by atoms with Crippen LogP contribution >= 0.6 is 15.9 Å². The molecule has 6 nitrogen and oxygen atoms in total. The van der Waals surface area contributed by atoms with E-state index in [0.29, 0.717) is 36.0 Å². The number of carbonyl (C=O) groups excluding carboxylic acids is 1. The van der Waals surface area contributed by atoms with Gasteiger partial charge < -0.3 is 13.9 Å². The molecule has 1 unspecified atom stereocenters. The highest BCUT2D eigenvalue weighted by Crippen LogP contribution is 2.43. The molecule has 1 amide bonds. The van der Waals surface area contributed by atoms with Crippen LogP contribution in [-0.4, -0.2) is 19.1 Å². The topological polar surface area (TPSA) is 69.0 Å². The van der Waals surface area contributed by atoms with Crippen LogP contribution < -0.4 is 19.8 Å². The molecule has 0 fully saturated rings. The maximum absolute atomic E-state index is 14.1. The molecule has 1 atom stereocenters. The van der Waals surface area contributed by atoms with Gasteiger partial charge in [-0.05, 0) is 67.4 Å². The zero-order valence-corrected chi connectivity index (χ0v) is 22.7. The molecule has 1 aromatic heterocycles. The van der Waals surface area contributed by atoms with Crippen LogP contribution in [0.2, 0.25) is 0 Å². The van der Waals surface area contributed by atoms with Crippen molar-refractivity contribution in [1.29, 1.82) is 0 Å². The van der Waals surface area contributed by atoms with Crippen molar-refractivity contribution in [3.05, 3.63) is 98.1 Å². The van der Waals surface area contributed by atoms with Crippen LogP contribution in [0, 0.1) is 5.82 Å². The van der Waals surface area contributed by atoms with Gasteiger partial charge in [-0.3, -0.25) is 14.5 Å². The predicted molar refractivity (Wildman–Crippen MR) is 148 cm³/mol. The Morgan fingerprint density at radius 3 is 2.58 bits per heavy atom. The van der Waals surface area contributed by atoms with Gasteiger partial charge in [-0.2, -0.15) is 0 Å². The molecule has 4 aromatic rings. The fourth-order valence-electron chi connectivity index (χ4n) is 4.77. The largest absolute Gasteiger partial charge is 0.490 e. The Bertz CT molecular complexity index is 1570. The number of halogens is 2. The molecular weight excluding hydrogens is 553 g/mol. The minimum atomic E-state index is -0.816. The lowest BCUT2D eigenvalue weighted by Crippen LogP contribution is -2.29. The number of anilines is 1. The average molecular weight is 580 g/mol. The Morgan fingerprint density at radius 2 is 1.82 bits per heavy atom. The third-order valence-electron chi connectivity index (χ3n) is 6.51. The van der Waals surface area contributed by atoms with E-state index in [1.165, 1.54) is 17.0 Å². The van der Waals surface area contributed by atoms with Crippen LogP contribution in [0.4, 0.5) is 10.1 Å². The monoisotopic (exact) mass is 579 g/mol. The summed E-state index contributed by atoms with van der Waals surface area (Å²) >= 11 is 3.47. The molecule has 0 N–H and O–H groups in total. The number of benzene rings is 3. The summed E-state index contributed by atoms with van der Waals surface area (Å²) in [5, 5.41) is 0.0820. The fraction of sp³-hybridized carbons (Fsp3) is 0.267. The molecule has 1 aliphatic heterocycles. The van der Waals surface area contributed by atoms with Gasteiger partial charge in [0.1, 0.15) is 11.4 Å². The lowest BCUT2D eigenvalue weighted by Gasteiger charge is -2.26. The fourth-order valence-corrected chi connectivity index (χ4v) is 5.16. The Labute approximate surface area is 228 Å². The van der Waals surface area contributed by atoms with Gasteiger partial charge in [0.2, 0.25) is 5.76 Å².